The lowest BCUT2D eigenvalue weighted by Crippen LogP contribution is -1.62. The standard InChI is InChI=1S/C9H14.2C2H6/c1-4-6-8-9(3)7-5-2;2*1-2/h4-8H,1-3H3;2*1-2H3/b6-4-,7-5-,9-8-;;. The zero-order valence-corrected chi connectivity index (χ0v) is 10.4. The van der Waals surface area contributed by atoms with Gasteiger partial charge in [0.25, 0.3) is 0 Å². The summed E-state index contributed by atoms with van der Waals surface area (Å²) in [5.74, 6) is 0. The molecule has 0 atom stereocenters. The number of rotatable bonds is 2. The lowest BCUT2D eigenvalue weighted by Gasteiger charge is -1.83. The van der Waals surface area contributed by atoms with Crippen molar-refractivity contribution in [2.24, 2.45) is 0 Å². The third kappa shape index (κ3) is 24.7. The van der Waals surface area contributed by atoms with E-state index in [-0.39, 0.29) is 0 Å². The Morgan fingerprint density at radius 2 is 1.31 bits per heavy atom. The van der Waals surface area contributed by atoms with Crippen LogP contribution in [-0.4, -0.2) is 0 Å². The van der Waals surface area contributed by atoms with Gasteiger partial charge < -0.3 is 0 Å². The van der Waals surface area contributed by atoms with Crippen molar-refractivity contribution in [2.45, 2.75) is 48.5 Å². The van der Waals surface area contributed by atoms with Crippen molar-refractivity contribution in [1.82, 2.24) is 0 Å². The first kappa shape index (κ1) is 18.1. The van der Waals surface area contributed by atoms with Crippen LogP contribution in [0.2, 0.25) is 0 Å². The predicted octanol–water partition coefficient (Wildman–Crippen LogP) is 5.14. The fraction of sp³-hybridized carbons (Fsp3) is 0.538. The van der Waals surface area contributed by atoms with Crippen LogP contribution in [0.1, 0.15) is 48.5 Å². The molecule has 0 unspecified atom stereocenters. The minimum atomic E-state index is 1.29. The summed E-state index contributed by atoms with van der Waals surface area (Å²) in [6.45, 7) is 14.1. The van der Waals surface area contributed by atoms with Crippen molar-refractivity contribution in [2.75, 3.05) is 0 Å². The Labute approximate surface area is 85.1 Å². The molecule has 0 fully saturated rings. The number of hydrogen-bond acceptors (Lipinski definition) is 0. The van der Waals surface area contributed by atoms with Gasteiger partial charge in [-0.25, -0.2) is 0 Å². The Morgan fingerprint density at radius 3 is 1.62 bits per heavy atom. The van der Waals surface area contributed by atoms with Crippen LogP contribution in [0.25, 0.3) is 0 Å². The first-order valence-corrected chi connectivity index (χ1v) is 5.23. The topological polar surface area (TPSA) is 0 Å². The molecule has 0 saturated heterocycles. The van der Waals surface area contributed by atoms with Gasteiger partial charge >= 0.3 is 0 Å². The van der Waals surface area contributed by atoms with Gasteiger partial charge in [0.15, 0.2) is 0 Å². The molecular weight excluding hydrogens is 156 g/mol. The van der Waals surface area contributed by atoms with Gasteiger partial charge in [-0.3, -0.25) is 0 Å². The molecule has 78 valence electrons. The van der Waals surface area contributed by atoms with Crippen LogP contribution in [0.4, 0.5) is 0 Å². The van der Waals surface area contributed by atoms with Gasteiger partial charge in [-0.2, -0.15) is 0 Å². The lowest BCUT2D eigenvalue weighted by molar-refractivity contribution is 1.50. The predicted molar refractivity (Wildman–Crippen MR) is 66.1 cm³/mol. The molecule has 0 aromatic heterocycles. The summed E-state index contributed by atoms with van der Waals surface area (Å²) < 4.78 is 0. The molecule has 0 aliphatic carbocycles. The smallest absolute Gasteiger partial charge is 0.0398 e. The Balaban J connectivity index is -0.000000218. The van der Waals surface area contributed by atoms with Crippen molar-refractivity contribution in [3.05, 3.63) is 36.0 Å². The third-order valence-electron chi connectivity index (χ3n) is 0.981. The Kier molecular flexibility index (Phi) is 31.3. The molecule has 13 heavy (non-hydrogen) atoms. The van der Waals surface area contributed by atoms with Crippen LogP contribution in [0.15, 0.2) is 36.0 Å². The second-order valence-corrected chi connectivity index (χ2v) is 1.94. The van der Waals surface area contributed by atoms with E-state index in [1.807, 2.05) is 59.8 Å². The largest absolute Gasteiger partial charge is 0.0877 e. The van der Waals surface area contributed by atoms with E-state index < -0.39 is 0 Å². The summed E-state index contributed by atoms with van der Waals surface area (Å²) in [6.07, 6.45) is 10.3. The minimum Gasteiger partial charge on any atom is -0.0877 e. The number of hydrogen-bond donors (Lipinski definition) is 0. The van der Waals surface area contributed by atoms with Gasteiger partial charge in [-0.15, -0.1) is 0 Å². The maximum atomic E-state index is 2.08. The Bertz CT molecular complexity index is 136. The van der Waals surface area contributed by atoms with E-state index in [0.717, 1.165) is 0 Å². The fourth-order valence-electron chi connectivity index (χ4n) is 0.566. The van der Waals surface area contributed by atoms with Crippen LogP contribution in [0.3, 0.4) is 0 Å². The summed E-state index contributed by atoms with van der Waals surface area (Å²) >= 11 is 0. The Morgan fingerprint density at radius 1 is 0.846 bits per heavy atom. The van der Waals surface area contributed by atoms with Crippen LogP contribution in [0.5, 0.6) is 0 Å². The van der Waals surface area contributed by atoms with Crippen molar-refractivity contribution in [3.63, 3.8) is 0 Å². The molecule has 0 nitrogen and oxygen atoms in total. The molecule has 0 aliphatic heterocycles. The molecule has 0 saturated carbocycles. The van der Waals surface area contributed by atoms with Gasteiger partial charge in [0.1, 0.15) is 0 Å². The van der Waals surface area contributed by atoms with E-state index in [0.29, 0.717) is 0 Å². The molecule has 0 spiro atoms. The summed E-state index contributed by atoms with van der Waals surface area (Å²) in [6, 6.07) is 0. The van der Waals surface area contributed by atoms with Crippen LogP contribution in [-0.2, 0) is 0 Å². The normalized spacial score (nSPS) is 10.5. The van der Waals surface area contributed by atoms with E-state index in [9.17, 15) is 0 Å². The first-order chi connectivity index (χ1) is 6.31. The van der Waals surface area contributed by atoms with Gasteiger partial charge in [-0.1, -0.05) is 63.6 Å². The van der Waals surface area contributed by atoms with Crippen molar-refractivity contribution >= 4 is 0 Å². The molecule has 0 bridgehead atoms. The Hall–Kier alpha value is -0.780. The number of allylic oxidation sites excluding steroid dienone is 6. The highest BCUT2D eigenvalue weighted by Gasteiger charge is 1.72. The average Bonchev–Trinajstić information content (AvgIpc) is 2.21. The fourth-order valence-corrected chi connectivity index (χ4v) is 0.566. The molecule has 0 heterocycles. The molecule has 0 aromatic carbocycles. The van der Waals surface area contributed by atoms with E-state index in [1.165, 1.54) is 5.57 Å². The zero-order chi connectivity index (χ0) is 11.1. The molecule has 0 N–H and O–H groups in total. The van der Waals surface area contributed by atoms with E-state index in [4.69, 9.17) is 0 Å². The summed E-state index contributed by atoms with van der Waals surface area (Å²) in [5, 5.41) is 0. The first-order valence-electron chi connectivity index (χ1n) is 5.23. The van der Waals surface area contributed by atoms with Gasteiger partial charge in [0.05, 0.1) is 0 Å². The quantitative estimate of drug-likeness (QED) is 0.519. The SMILES string of the molecule is CC.CC.C\C=C/C=C(C)\C=C/C. The van der Waals surface area contributed by atoms with Crippen molar-refractivity contribution in [3.8, 4) is 0 Å². The highest BCUT2D eigenvalue weighted by Crippen LogP contribution is 1.93. The maximum Gasteiger partial charge on any atom is -0.0398 e. The van der Waals surface area contributed by atoms with Gasteiger partial charge in [-0.05, 0) is 20.8 Å². The van der Waals surface area contributed by atoms with Crippen molar-refractivity contribution in [1.29, 1.82) is 0 Å². The van der Waals surface area contributed by atoms with Crippen molar-refractivity contribution < 1.29 is 0 Å². The monoisotopic (exact) mass is 182 g/mol. The summed E-state index contributed by atoms with van der Waals surface area (Å²) in [5.41, 5.74) is 1.29. The molecule has 0 rings (SSSR count). The third-order valence-corrected chi connectivity index (χ3v) is 0.981. The minimum absolute atomic E-state index is 1.29. The molecule has 0 amide bonds. The molecular formula is C13H26. The van der Waals surface area contributed by atoms with Crippen LogP contribution < -0.4 is 0 Å². The molecule has 0 heteroatoms. The second-order valence-electron chi connectivity index (χ2n) is 1.94. The molecule has 0 radical (unpaired) electrons. The van der Waals surface area contributed by atoms with E-state index >= 15 is 0 Å². The van der Waals surface area contributed by atoms with Gasteiger partial charge in [0.2, 0.25) is 0 Å². The highest BCUT2D eigenvalue weighted by molar-refractivity contribution is 5.20. The van der Waals surface area contributed by atoms with Gasteiger partial charge in [0, 0.05) is 0 Å². The van der Waals surface area contributed by atoms with Crippen LogP contribution >= 0.6 is 0 Å². The van der Waals surface area contributed by atoms with E-state index in [2.05, 4.69) is 19.1 Å². The summed E-state index contributed by atoms with van der Waals surface area (Å²) in [4.78, 5) is 0. The lowest BCUT2D eigenvalue weighted by atomic mass is 10.2. The highest BCUT2D eigenvalue weighted by atomic mass is 13.8. The van der Waals surface area contributed by atoms with E-state index in [1.54, 1.807) is 0 Å². The van der Waals surface area contributed by atoms with Crippen LogP contribution in [0, 0.1) is 0 Å². The summed E-state index contributed by atoms with van der Waals surface area (Å²) in [7, 11) is 0. The molecule has 0 aliphatic rings. The second kappa shape index (κ2) is 22.5. The maximum absolute atomic E-state index is 2.08. The average molecular weight is 182 g/mol. The molecule has 0 aromatic rings. The zero-order valence-electron chi connectivity index (χ0n) is 10.4.